The van der Waals surface area contributed by atoms with Gasteiger partial charge in [0, 0.05) is 22.7 Å². The Morgan fingerprint density at radius 3 is 2.39 bits per heavy atom. The molecule has 1 aliphatic heterocycles. The number of hydrogen-bond acceptors (Lipinski definition) is 5. The number of para-hydroxylation sites is 1. The van der Waals surface area contributed by atoms with Gasteiger partial charge in [0.15, 0.2) is 11.9 Å². The van der Waals surface area contributed by atoms with Crippen LogP contribution in [0.4, 0.5) is 18.0 Å². The smallest absolute Gasteiger partial charge is 0.381 e. The second kappa shape index (κ2) is 12.1. The fourth-order valence-electron chi connectivity index (χ4n) is 4.33. The molecule has 0 saturated carbocycles. The number of halogens is 4. The van der Waals surface area contributed by atoms with Crippen LogP contribution in [0.1, 0.15) is 35.6 Å². The van der Waals surface area contributed by atoms with Crippen LogP contribution < -0.4 is 11.1 Å². The summed E-state index contributed by atoms with van der Waals surface area (Å²) in [5.74, 6) is -0.400. The van der Waals surface area contributed by atoms with Crippen LogP contribution in [0.5, 0.6) is 0 Å². The molecule has 4 N–H and O–H groups in total. The topological polar surface area (TPSA) is 129 Å². The number of nitrogens with one attached hydrogen (secondary N) is 1. The second-order valence-corrected chi connectivity index (χ2v) is 9.86. The first-order valence-corrected chi connectivity index (χ1v) is 12.9. The molecular formula is C27H28ClF3N7O3+. The lowest BCUT2D eigenvalue weighted by Crippen LogP contribution is -2.47. The summed E-state index contributed by atoms with van der Waals surface area (Å²) in [7, 11) is 0. The molecule has 10 nitrogen and oxygen atoms in total. The normalized spacial score (nSPS) is 18.3. The third-order valence-electron chi connectivity index (χ3n) is 6.51. The number of aliphatic hydroxyl groups excluding tert-OH is 1. The summed E-state index contributed by atoms with van der Waals surface area (Å²) in [5.41, 5.74) is 7.11. The van der Waals surface area contributed by atoms with Gasteiger partial charge in [0.05, 0.1) is 11.3 Å². The Balaban J connectivity index is 1.54. The van der Waals surface area contributed by atoms with Crippen molar-refractivity contribution < 1.29 is 32.4 Å². The fourth-order valence-corrected chi connectivity index (χ4v) is 4.46. The molecule has 2 aromatic carbocycles. The van der Waals surface area contributed by atoms with Crippen molar-refractivity contribution >= 4 is 29.4 Å². The van der Waals surface area contributed by atoms with E-state index in [-0.39, 0.29) is 41.8 Å². The number of amides is 3. The van der Waals surface area contributed by atoms with Crippen molar-refractivity contribution in [2.75, 3.05) is 6.54 Å². The summed E-state index contributed by atoms with van der Waals surface area (Å²) in [5, 5.41) is 16.8. The number of urea groups is 1. The first-order valence-electron chi connectivity index (χ1n) is 12.6. The van der Waals surface area contributed by atoms with Crippen molar-refractivity contribution in [3.05, 3.63) is 89.0 Å². The van der Waals surface area contributed by atoms with Gasteiger partial charge < -0.3 is 15.7 Å². The number of hydrogen-bond donors (Lipinski definition) is 3. The van der Waals surface area contributed by atoms with Gasteiger partial charge in [-0.05, 0) is 50.2 Å². The molecule has 41 heavy (non-hydrogen) atoms. The van der Waals surface area contributed by atoms with E-state index in [0.717, 1.165) is 0 Å². The molecule has 0 fully saturated rings. The molecule has 3 atom stereocenters. The number of amidine groups is 1. The summed E-state index contributed by atoms with van der Waals surface area (Å²) in [6.07, 6.45) is -2.56. The lowest BCUT2D eigenvalue weighted by atomic mass is 10.1. The van der Waals surface area contributed by atoms with Gasteiger partial charge in [-0.15, -0.1) is 5.10 Å². The van der Waals surface area contributed by atoms with Gasteiger partial charge >= 0.3 is 12.2 Å². The van der Waals surface area contributed by atoms with Crippen LogP contribution in [0.2, 0.25) is 5.02 Å². The number of alkyl halides is 3. The Labute approximate surface area is 238 Å². The number of nitrogens with zero attached hydrogens (tertiary/aromatic N) is 5. The Hall–Kier alpha value is -4.23. The number of rotatable bonds is 7. The standard InChI is InChI=1S/C27H27ClF3N7O3/c1-16-7-8-17(2)38(16)25(40)20-5-3-4-6-21(20)37-15-34-23(35-37)13-33-26(41)36(14-22(39)27(29,30)31)24(32)18-9-11-19(28)12-10-18/h3-12,15-17,22,32,39H,13-14H2,1-2H3,(H,33,41)/p+1/t16?,17?,22-/m0/s1. The lowest BCUT2D eigenvalue weighted by molar-refractivity contribution is -0.455. The molecule has 2 heterocycles. The van der Waals surface area contributed by atoms with E-state index in [9.17, 15) is 27.9 Å². The van der Waals surface area contributed by atoms with E-state index in [1.165, 1.54) is 35.3 Å². The van der Waals surface area contributed by atoms with Gasteiger partial charge in [-0.2, -0.15) is 17.7 Å². The second-order valence-electron chi connectivity index (χ2n) is 9.42. The fraction of sp³-hybridized carbons (Fsp3) is 0.296. The molecule has 3 amide bonds. The molecule has 4 rings (SSSR count). The highest BCUT2D eigenvalue weighted by molar-refractivity contribution is 6.30. The number of carbonyl (C=O) groups is 2. The predicted octanol–water partition coefficient (Wildman–Crippen LogP) is 3.26. The van der Waals surface area contributed by atoms with Gasteiger partial charge in [0.2, 0.25) is 5.84 Å². The molecule has 0 bridgehead atoms. The predicted molar refractivity (Wildman–Crippen MR) is 145 cm³/mol. The molecule has 2 unspecified atom stereocenters. The highest BCUT2D eigenvalue weighted by atomic mass is 35.5. The quantitative estimate of drug-likeness (QED) is 0.168. The zero-order chi connectivity index (χ0) is 29.9. The van der Waals surface area contributed by atoms with Crippen molar-refractivity contribution in [3.63, 3.8) is 0 Å². The minimum Gasteiger partial charge on any atom is -0.381 e. The third kappa shape index (κ3) is 6.74. The molecule has 14 heteroatoms. The van der Waals surface area contributed by atoms with E-state index in [1.807, 2.05) is 26.0 Å². The molecule has 1 aliphatic rings. The maximum atomic E-state index is 13.4. The largest absolute Gasteiger partial charge is 0.436 e. The van der Waals surface area contributed by atoms with Crippen LogP contribution in [-0.2, 0) is 6.54 Å². The number of carbonyl (C=O) groups excluding carboxylic acids is 2. The Morgan fingerprint density at radius 2 is 1.76 bits per heavy atom. The number of aliphatic hydroxyl groups is 1. The van der Waals surface area contributed by atoms with Gasteiger partial charge in [-0.3, -0.25) is 10.1 Å². The minimum absolute atomic E-state index is 0.0806. The van der Waals surface area contributed by atoms with E-state index >= 15 is 0 Å². The molecule has 216 valence electrons. The summed E-state index contributed by atoms with van der Waals surface area (Å²) >= 11 is 5.87. The molecule has 0 radical (unpaired) electrons. The van der Waals surface area contributed by atoms with Crippen LogP contribution in [0.3, 0.4) is 0 Å². The molecule has 0 spiro atoms. The summed E-state index contributed by atoms with van der Waals surface area (Å²) < 4.78 is 41.3. The maximum absolute atomic E-state index is 13.4. The lowest BCUT2D eigenvalue weighted by Gasteiger charge is -2.27. The van der Waals surface area contributed by atoms with Crippen LogP contribution in [0, 0.1) is 0 Å². The average molecular weight is 591 g/mol. The molecule has 3 aromatic rings. The van der Waals surface area contributed by atoms with Crippen molar-refractivity contribution in [1.29, 1.82) is 0 Å². The first kappa shape index (κ1) is 29.7. The molecular weight excluding hydrogens is 563 g/mol. The van der Waals surface area contributed by atoms with Gasteiger partial charge in [0.1, 0.15) is 19.4 Å². The number of nitrogens with two attached hydrogens (primary N) is 1. The van der Waals surface area contributed by atoms with Crippen molar-refractivity contribution in [1.82, 2.24) is 25.0 Å². The van der Waals surface area contributed by atoms with Gasteiger partial charge in [-0.25, -0.2) is 14.5 Å². The zero-order valence-electron chi connectivity index (χ0n) is 22.1. The van der Waals surface area contributed by atoms with Crippen LogP contribution >= 0.6 is 11.6 Å². The van der Waals surface area contributed by atoms with Crippen LogP contribution in [0.15, 0.2) is 67.0 Å². The molecule has 1 aromatic heterocycles. The zero-order valence-corrected chi connectivity index (χ0v) is 22.8. The Bertz CT molecular complexity index is 1480. The van der Waals surface area contributed by atoms with Crippen molar-refractivity contribution in [3.8, 4) is 5.69 Å². The van der Waals surface area contributed by atoms with E-state index in [2.05, 4.69) is 15.4 Å². The van der Waals surface area contributed by atoms with Gasteiger partial charge in [0.25, 0.3) is 5.91 Å². The third-order valence-corrected chi connectivity index (χ3v) is 6.76. The van der Waals surface area contributed by atoms with E-state index in [4.69, 9.17) is 17.3 Å². The molecule has 0 saturated heterocycles. The number of aromatic nitrogens is 3. The highest BCUT2D eigenvalue weighted by Gasteiger charge is 2.41. The average Bonchev–Trinajstić information content (AvgIpc) is 3.55. The van der Waals surface area contributed by atoms with E-state index in [0.29, 0.717) is 20.8 Å². The first-order chi connectivity index (χ1) is 19.4. The highest BCUT2D eigenvalue weighted by Crippen LogP contribution is 2.23. The molecule has 0 aliphatic carbocycles. The van der Waals surface area contributed by atoms with Crippen molar-refractivity contribution in [2.45, 2.75) is 44.8 Å². The summed E-state index contributed by atoms with van der Waals surface area (Å²) in [6, 6.07) is 11.5. The van der Waals surface area contributed by atoms with Crippen molar-refractivity contribution in [2.24, 2.45) is 5.73 Å². The van der Waals surface area contributed by atoms with E-state index in [1.54, 1.807) is 29.2 Å². The van der Waals surface area contributed by atoms with Gasteiger partial charge in [-0.1, -0.05) is 35.9 Å². The number of benzene rings is 2. The SMILES string of the molecule is CC1C=CC(C)N1C(=O)c1ccccc1-n1cnc(CNC(=O)/[N+](C[C@H](O)C(F)(F)F)=C(\N)c2ccc(Cl)cc2)n1. The minimum atomic E-state index is -4.98. The summed E-state index contributed by atoms with van der Waals surface area (Å²) in [6.45, 7) is 2.41. The monoisotopic (exact) mass is 590 g/mol. The maximum Gasteiger partial charge on any atom is 0.436 e. The van der Waals surface area contributed by atoms with Crippen LogP contribution in [-0.4, -0.2) is 78.0 Å². The summed E-state index contributed by atoms with van der Waals surface area (Å²) in [4.78, 5) is 32.2. The Morgan fingerprint density at radius 1 is 1.12 bits per heavy atom. The van der Waals surface area contributed by atoms with E-state index < -0.39 is 24.9 Å². The van der Waals surface area contributed by atoms with Crippen LogP contribution in [0.25, 0.3) is 5.69 Å². The Kier molecular flexibility index (Phi) is 8.78.